The van der Waals surface area contributed by atoms with Gasteiger partial charge in [0, 0.05) is 23.1 Å². The second kappa shape index (κ2) is 29.8. The predicted molar refractivity (Wildman–Crippen MR) is 263 cm³/mol. The zero-order chi connectivity index (χ0) is 52.1. The number of aryl methyl sites for hydroxylation is 2. The zero-order valence-corrected chi connectivity index (χ0v) is 48.2. The van der Waals surface area contributed by atoms with E-state index >= 15 is 0 Å². The summed E-state index contributed by atoms with van der Waals surface area (Å²) in [5.41, 5.74) is 7.37. The second-order valence-electron chi connectivity index (χ2n) is 17.0. The molecule has 8 rings (SSSR count). The van der Waals surface area contributed by atoms with Crippen molar-refractivity contribution in [2.45, 2.75) is 50.7 Å². The minimum Gasteiger partial charge on any atom is -0.652 e. The minimum atomic E-state index is -2.33. The van der Waals surface area contributed by atoms with Crippen molar-refractivity contribution in [3.63, 3.8) is 0 Å². The number of aliphatic carboxylic acids is 2. The average Bonchev–Trinajstić information content (AvgIpc) is 3.76. The van der Waals surface area contributed by atoms with Gasteiger partial charge < -0.3 is 35.4 Å². The Bertz CT molecular complexity index is 2660. The molecule has 74 heavy (non-hydrogen) atoms. The fourth-order valence-electron chi connectivity index (χ4n) is 8.43. The van der Waals surface area contributed by atoms with Crippen LogP contribution in [-0.2, 0) is 22.4 Å². The number of carboxylic acid groups (broad SMARTS) is 4. The Labute approximate surface area is 522 Å². The summed E-state index contributed by atoms with van der Waals surface area (Å²) in [5.74, 6) is -6.19. The molecule has 6 aromatic carbocycles. The molecule has 0 saturated carbocycles. The first kappa shape index (κ1) is 62.1. The van der Waals surface area contributed by atoms with Gasteiger partial charge in [-0.3, -0.25) is 38.6 Å². The number of fused-ring (bicyclic) bond motifs is 2. The summed E-state index contributed by atoms with van der Waals surface area (Å²) in [6.45, 7) is -0.119. The minimum absolute atomic E-state index is 0. The van der Waals surface area contributed by atoms with E-state index in [9.17, 15) is 49.2 Å². The van der Waals surface area contributed by atoms with E-state index in [0.717, 1.165) is 43.2 Å². The number of aliphatic hydroxyl groups is 2. The molecule has 19 heteroatoms. The summed E-state index contributed by atoms with van der Waals surface area (Å²) in [4.78, 5) is 84.1. The number of hydrogen-bond donors (Lipinski definition) is 4. The molecule has 4 amide bonds. The van der Waals surface area contributed by atoms with E-state index in [2.05, 4.69) is 0 Å². The molecule has 6 aromatic rings. The number of hydrogen-bond acceptors (Lipinski definition) is 11. The summed E-state index contributed by atoms with van der Waals surface area (Å²) in [6, 6.07) is 43.8. The molecule has 0 spiro atoms. The van der Waals surface area contributed by atoms with Crippen LogP contribution < -0.4 is 113 Å². The standard InChI is InChI=1S/2C27H24ClNO5.CH2O3.2K/c2*28-20-12-10-19(11-13-20)18-8-5-17(6-9-18)7-14-24(30)23(27(33)34)15-16-29-25(31)21-3-1-2-4-22(21)26(29)32;2-1(3)4;;/h2*1-6,8-13,23-24,30H,7,14-16H2,(H,33,34);(H2,2,3,4);;/q;;;2*+1/p-2/t2*23-,24-;;;/m11.../s1. The van der Waals surface area contributed by atoms with Gasteiger partial charge in [0.05, 0.1) is 46.3 Å². The number of rotatable bonds is 18. The Morgan fingerprint density at radius 3 is 0.919 bits per heavy atom. The number of aliphatic hydroxyl groups excluding tert-OH is 2. The topological polar surface area (TPSA) is 253 Å². The van der Waals surface area contributed by atoms with Crippen molar-refractivity contribution in [3.8, 4) is 22.3 Å². The quantitative estimate of drug-likeness (QED) is 0.0692. The fourth-order valence-corrected chi connectivity index (χ4v) is 8.68. The van der Waals surface area contributed by atoms with Crippen LogP contribution in [0.25, 0.3) is 22.3 Å². The first-order valence-electron chi connectivity index (χ1n) is 22.7. The Hall–Kier alpha value is -4.42. The largest absolute Gasteiger partial charge is 1.00 e. The first-order chi connectivity index (χ1) is 34.4. The summed E-state index contributed by atoms with van der Waals surface area (Å²) in [7, 11) is 0. The fraction of sp³-hybridized carbons (Fsp3) is 0.218. The van der Waals surface area contributed by atoms with Crippen LogP contribution in [-0.4, -0.2) is 97.2 Å². The number of halogens is 2. The Morgan fingerprint density at radius 2 is 0.676 bits per heavy atom. The molecule has 4 N–H and O–H groups in total. The Morgan fingerprint density at radius 1 is 0.432 bits per heavy atom. The van der Waals surface area contributed by atoms with E-state index in [1.165, 1.54) is 0 Å². The molecular weight excluding hydrogens is 1050 g/mol. The summed E-state index contributed by atoms with van der Waals surface area (Å²) in [6.07, 6.45) is -3.09. The zero-order valence-electron chi connectivity index (χ0n) is 40.4. The number of benzene rings is 6. The van der Waals surface area contributed by atoms with Crippen molar-refractivity contribution in [2.24, 2.45) is 11.8 Å². The third-order valence-electron chi connectivity index (χ3n) is 12.4. The van der Waals surface area contributed by atoms with Crippen molar-refractivity contribution in [1.29, 1.82) is 0 Å². The normalized spacial score (nSPS) is 13.8. The van der Waals surface area contributed by atoms with E-state index in [-0.39, 0.29) is 142 Å². The molecule has 4 atom stereocenters. The summed E-state index contributed by atoms with van der Waals surface area (Å²) < 4.78 is 0. The molecule has 2 aliphatic heterocycles. The molecule has 0 bridgehead atoms. The number of amides is 4. The molecule has 372 valence electrons. The molecule has 0 aromatic heterocycles. The molecule has 0 radical (unpaired) electrons. The maximum atomic E-state index is 12.5. The van der Waals surface area contributed by atoms with Crippen LogP contribution in [0.1, 0.15) is 78.2 Å². The van der Waals surface area contributed by atoms with Crippen molar-refractivity contribution < 1.29 is 167 Å². The third kappa shape index (κ3) is 16.8. The Balaban J connectivity index is 0.000000291. The molecular formula is C55H48Cl2K2N2O13. The summed E-state index contributed by atoms with van der Waals surface area (Å²) in [5, 5.41) is 58.5. The molecule has 0 fully saturated rings. The van der Waals surface area contributed by atoms with Gasteiger partial charge in [-0.1, -0.05) is 120 Å². The van der Waals surface area contributed by atoms with Crippen molar-refractivity contribution in [2.75, 3.05) is 13.1 Å². The van der Waals surface area contributed by atoms with Gasteiger partial charge in [0.1, 0.15) is 0 Å². The second-order valence-corrected chi connectivity index (χ2v) is 17.8. The van der Waals surface area contributed by atoms with Gasteiger partial charge in [0.15, 0.2) is 0 Å². The van der Waals surface area contributed by atoms with E-state index in [1.807, 2.05) is 97.1 Å². The van der Waals surface area contributed by atoms with Crippen molar-refractivity contribution in [1.82, 2.24) is 9.80 Å². The predicted octanol–water partition coefficient (Wildman–Crippen LogP) is 0.936. The van der Waals surface area contributed by atoms with E-state index in [1.54, 1.807) is 48.5 Å². The molecule has 0 saturated heterocycles. The van der Waals surface area contributed by atoms with Crippen LogP contribution in [0.2, 0.25) is 10.0 Å². The van der Waals surface area contributed by atoms with Gasteiger partial charge in [0.2, 0.25) is 0 Å². The molecule has 0 unspecified atom stereocenters. The van der Waals surface area contributed by atoms with E-state index in [4.69, 9.17) is 38.2 Å². The number of carboxylic acids is 2. The number of carbonyl (C=O) groups excluding carboxylic acids is 5. The van der Waals surface area contributed by atoms with Crippen LogP contribution >= 0.6 is 23.2 Å². The van der Waals surface area contributed by atoms with Gasteiger partial charge in [-0.25, -0.2) is 0 Å². The average molecular weight is 1090 g/mol. The Kier molecular flexibility index (Phi) is 25.0. The summed E-state index contributed by atoms with van der Waals surface area (Å²) >= 11 is 11.9. The molecule has 2 aliphatic rings. The molecule has 0 aliphatic carbocycles. The van der Waals surface area contributed by atoms with Gasteiger partial charge in [0.25, 0.3) is 23.6 Å². The van der Waals surface area contributed by atoms with Gasteiger partial charge in [-0.15, -0.1) is 0 Å². The van der Waals surface area contributed by atoms with Crippen LogP contribution in [0, 0.1) is 11.8 Å². The van der Waals surface area contributed by atoms with Crippen LogP contribution in [0.5, 0.6) is 0 Å². The maximum Gasteiger partial charge on any atom is 1.00 e. The van der Waals surface area contributed by atoms with Gasteiger partial charge in [-0.05, 0) is 127 Å². The third-order valence-corrected chi connectivity index (χ3v) is 12.9. The van der Waals surface area contributed by atoms with Gasteiger partial charge in [-0.2, -0.15) is 0 Å². The molecule has 15 nitrogen and oxygen atoms in total. The SMILES string of the molecule is O=C(O)[C@H](CCN1C(=O)c2ccccc2C1=O)[C@H](O)CCc1ccc(-c2ccc(Cl)cc2)cc1.O=C(O)[C@H](CCN1C(=O)c2ccccc2C1=O)[C@H](O)CCc1ccc(-c2ccc(Cl)cc2)cc1.O=C([O-])[O-].[K+].[K+]. The van der Waals surface area contributed by atoms with Crippen molar-refractivity contribution in [3.05, 3.63) is 189 Å². The smallest absolute Gasteiger partial charge is 0.652 e. The molecule has 2 heterocycles. The number of carbonyl (C=O) groups is 7. The van der Waals surface area contributed by atoms with Crippen LogP contribution in [0.3, 0.4) is 0 Å². The van der Waals surface area contributed by atoms with E-state index in [0.29, 0.717) is 45.1 Å². The first-order valence-corrected chi connectivity index (χ1v) is 23.5. The monoisotopic (exact) mass is 1090 g/mol. The maximum absolute atomic E-state index is 12.5. The van der Waals surface area contributed by atoms with Gasteiger partial charge >= 0.3 is 115 Å². The van der Waals surface area contributed by atoms with Crippen LogP contribution in [0.4, 0.5) is 4.79 Å². The number of imide groups is 2. The van der Waals surface area contributed by atoms with Crippen LogP contribution in [0.15, 0.2) is 146 Å². The number of nitrogens with zero attached hydrogens (tertiary/aromatic N) is 2. The van der Waals surface area contributed by atoms with Crippen molar-refractivity contribution >= 4 is 64.9 Å². The van der Waals surface area contributed by atoms with E-state index < -0.39 is 65.8 Å².